The molecule has 0 N–H and O–H groups in total. The van der Waals surface area contributed by atoms with Crippen molar-refractivity contribution in [2.75, 3.05) is 13.1 Å². The highest BCUT2D eigenvalue weighted by Gasteiger charge is 2.24. The van der Waals surface area contributed by atoms with Gasteiger partial charge in [-0.15, -0.1) is 10.2 Å². The van der Waals surface area contributed by atoms with Crippen molar-refractivity contribution in [2.45, 2.75) is 50.6 Å². The van der Waals surface area contributed by atoms with Gasteiger partial charge in [-0.2, -0.15) is 0 Å². The molecule has 2 heterocycles. The molecule has 0 saturated carbocycles. The van der Waals surface area contributed by atoms with Crippen LogP contribution in [0.1, 0.15) is 47.1 Å². The summed E-state index contributed by atoms with van der Waals surface area (Å²) in [6.45, 7) is 8.95. The highest BCUT2D eigenvalue weighted by molar-refractivity contribution is 8.00. The zero-order valence-corrected chi connectivity index (χ0v) is 18.7. The predicted octanol–water partition coefficient (Wildman–Crippen LogP) is 4.84. The lowest BCUT2D eigenvalue weighted by Gasteiger charge is -2.17. The summed E-state index contributed by atoms with van der Waals surface area (Å²) < 4.78 is 2.11. The van der Waals surface area contributed by atoms with Crippen LogP contribution in [0.3, 0.4) is 0 Å². The second-order valence-electron chi connectivity index (χ2n) is 8.00. The largest absolute Gasteiger partial charge is 0.296 e. The summed E-state index contributed by atoms with van der Waals surface area (Å²) in [6.07, 6.45) is 2.48. The third-order valence-electron chi connectivity index (χ3n) is 5.59. The van der Waals surface area contributed by atoms with Crippen molar-refractivity contribution >= 4 is 17.5 Å². The first-order valence-electron chi connectivity index (χ1n) is 10.5. The molecule has 1 aliphatic rings. The van der Waals surface area contributed by atoms with Gasteiger partial charge in [0.15, 0.2) is 16.8 Å². The van der Waals surface area contributed by atoms with Crippen molar-refractivity contribution in [3.63, 3.8) is 0 Å². The van der Waals surface area contributed by atoms with Crippen LogP contribution in [-0.2, 0) is 6.54 Å². The SMILES string of the molecule is Cc1ccc(C)c(C(=O)C(C)Sc2nnc(CN3CCCC3)n2-c2ccccc2)c1. The molecule has 4 rings (SSSR count). The number of aromatic nitrogens is 3. The number of aryl methyl sites for hydroxylation is 2. The van der Waals surface area contributed by atoms with Crippen molar-refractivity contribution in [1.82, 2.24) is 19.7 Å². The zero-order chi connectivity index (χ0) is 21.1. The number of hydrogen-bond acceptors (Lipinski definition) is 5. The average molecular weight is 421 g/mol. The number of hydrogen-bond donors (Lipinski definition) is 0. The fourth-order valence-electron chi connectivity index (χ4n) is 3.89. The molecule has 2 aromatic carbocycles. The highest BCUT2D eigenvalue weighted by Crippen LogP contribution is 2.29. The number of benzene rings is 2. The summed E-state index contributed by atoms with van der Waals surface area (Å²) >= 11 is 1.48. The molecule has 0 bridgehead atoms. The molecule has 1 atom stereocenters. The van der Waals surface area contributed by atoms with Crippen LogP contribution in [0.5, 0.6) is 0 Å². The van der Waals surface area contributed by atoms with Gasteiger partial charge in [0.2, 0.25) is 0 Å². The molecular formula is C24H28N4OS. The Morgan fingerprint density at radius 3 is 2.53 bits per heavy atom. The standard InChI is InChI=1S/C24H28N4OS/c1-17-11-12-18(2)21(15-17)23(29)19(3)30-24-26-25-22(16-27-13-7-8-14-27)28(24)20-9-5-4-6-10-20/h4-6,9-12,15,19H,7-8,13-14,16H2,1-3H3. The maximum absolute atomic E-state index is 13.2. The minimum absolute atomic E-state index is 0.130. The normalized spacial score (nSPS) is 15.4. The van der Waals surface area contributed by atoms with Crippen LogP contribution >= 0.6 is 11.8 Å². The number of carbonyl (C=O) groups excluding carboxylic acids is 1. The molecule has 0 aliphatic carbocycles. The quantitative estimate of drug-likeness (QED) is 0.404. The van der Waals surface area contributed by atoms with Gasteiger partial charge in [-0.25, -0.2) is 0 Å². The Morgan fingerprint density at radius 2 is 1.80 bits per heavy atom. The maximum Gasteiger partial charge on any atom is 0.196 e. The first kappa shape index (κ1) is 20.8. The number of likely N-dealkylation sites (tertiary alicyclic amines) is 1. The Bertz CT molecular complexity index is 1020. The van der Waals surface area contributed by atoms with Gasteiger partial charge in [-0.1, -0.05) is 47.7 Å². The summed E-state index contributed by atoms with van der Waals surface area (Å²) in [6, 6.07) is 16.2. The summed E-state index contributed by atoms with van der Waals surface area (Å²) in [5.74, 6) is 1.06. The van der Waals surface area contributed by atoms with Crippen molar-refractivity contribution in [2.24, 2.45) is 0 Å². The van der Waals surface area contributed by atoms with Gasteiger partial charge in [0, 0.05) is 11.3 Å². The van der Waals surface area contributed by atoms with E-state index in [1.807, 2.05) is 57.2 Å². The molecule has 30 heavy (non-hydrogen) atoms. The second kappa shape index (κ2) is 9.14. The summed E-state index contributed by atoms with van der Waals surface area (Å²) in [7, 11) is 0. The van der Waals surface area contributed by atoms with Gasteiger partial charge < -0.3 is 0 Å². The average Bonchev–Trinajstić information content (AvgIpc) is 3.40. The first-order chi connectivity index (χ1) is 14.5. The summed E-state index contributed by atoms with van der Waals surface area (Å²) in [5.41, 5.74) is 3.93. The monoisotopic (exact) mass is 420 g/mol. The Morgan fingerprint density at radius 1 is 1.07 bits per heavy atom. The molecule has 5 nitrogen and oxygen atoms in total. The number of carbonyl (C=O) groups is 1. The summed E-state index contributed by atoms with van der Waals surface area (Å²) in [5, 5.41) is 9.51. The van der Waals surface area contributed by atoms with Crippen LogP contribution in [0.25, 0.3) is 5.69 Å². The van der Waals surface area contributed by atoms with E-state index >= 15 is 0 Å². The van der Waals surface area contributed by atoms with Gasteiger partial charge in [0.05, 0.1) is 11.8 Å². The van der Waals surface area contributed by atoms with E-state index < -0.39 is 0 Å². The number of nitrogens with zero attached hydrogens (tertiary/aromatic N) is 4. The van der Waals surface area contributed by atoms with Gasteiger partial charge in [0.25, 0.3) is 0 Å². The molecule has 1 aromatic heterocycles. The second-order valence-corrected chi connectivity index (χ2v) is 9.30. The molecule has 1 saturated heterocycles. The fraction of sp³-hybridized carbons (Fsp3) is 0.375. The lowest BCUT2D eigenvalue weighted by molar-refractivity contribution is 0.0993. The van der Waals surface area contributed by atoms with Crippen LogP contribution in [0.4, 0.5) is 0 Å². The van der Waals surface area contributed by atoms with Gasteiger partial charge >= 0.3 is 0 Å². The van der Waals surface area contributed by atoms with Crippen LogP contribution in [0, 0.1) is 13.8 Å². The van der Waals surface area contributed by atoms with Crippen LogP contribution in [-0.4, -0.2) is 43.8 Å². The molecule has 1 unspecified atom stereocenters. The number of thioether (sulfide) groups is 1. The molecule has 1 aliphatic heterocycles. The molecule has 1 fully saturated rings. The minimum Gasteiger partial charge on any atom is -0.296 e. The minimum atomic E-state index is -0.253. The van der Waals surface area contributed by atoms with E-state index in [1.54, 1.807) is 0 Å². The smallest absolute Gasteiger partial charge is 0.196 e. The molecule has 6 heteroatoms. The Labute approximate surface area is 182 Å². The third-order valence-corrected chi connectivity index (χ3v) is 6.63. The topological polar surface area (TPSA) is 51.0 Å². The highest BCUT2D eigenvalue weighted by atomic mass is 32.2. The Balaban J connectivity index is 1.62. The molecule has 0 radical (unpaired) electrons. The van der Waals surface area contributed by atoms with Crippen LogP contribution in [0.2, 0.25) is 0 Å². The van der Waals surface area contributed by atoms with Crippen molar-refractivity contribution in [3.05, 3.63) is 71.0 Å². The molecular weight excluding hydrogens is 392 g/mol. The van der Waals surface area contributed by atoms with Crippen molar-refractivity contribution < 1.29 is 4.79 Å². The predicted molar refractivity (Wildman–Crippen MR) is 121 cm³/mol. The van der Waals surface area contributed by atoms with Crippen LogP contribution < -0.4 is 0 Å². The van der Waals surface area contributed by atoms with E-state index in [0.717, 1.165) is 53.0 Å². The van der Waals surface area contributed by atoms with E-state index in [-0.39, 0.29) is 11.0 Å². The lowest BCUT2D eigenvalue weighted by Crippen LogP contribution is -2.21. The van der Waals surface area contributed by atoms with Gasteiger partial charge in [-0.05, 0) is 70.5 Å². The number of para-hydroxylation sites is 1. The van der Waals surface area contributed by atoms with E-state index in [2.05, 4.69) is 31.8 Å². The van der Waals surface area contributed by atoms with Crippen molar-refractivity contribution in [1.29, 1.82) is 0 Å². The number of ketones is 1. The third kappa shape index (κ3) is 4.50. The molecule has 0 amide bonds. The van der Waals surface area contributed by atoms with Gasteiger partial charge in [-0.3, -0.25) is 14.3 Å². The van der Waals surface area contributed by atoms with E-state index in [0.29, 0.717) is 0 Å². The van der Waals surface area contributed by atoms with Crippen molar-refractivity contribution in [3.8, 4) is 5.69 Å². The molecule has 156 valence electrons. The van der Waals surface area contributed by atoms with E-state index in [9.17, 15) is 4.79 Å². The fourth-order valence-corrected chi connectivity index (χ4v) is 4.84. The Hall–Kier alpha value is -2.44. The molecule has 3 aromatic rings. The first-order valence-corrected chi connectivity index (χ1v) is 11.4. The Kier molecular flexibility index (Phi) is 6.35. The lowest BCUT2D eigenvalue weighted by atomic mass is 10.0. The molecule has 0 spiro atoms. The van der Waals surface area contributed by atoms with Crippen LogP contribution in [0.15, 0.2) is 53.7 Å². The number of Topliss-reactive ketones (excluding diaryl/α,β-unsaturated/α-hetero) is 1. The van der Waals surface area contributed by atoms with E-state index in [1.165, 1.54) is 24.6 Å². The maximum atomic E-state index is 13.2. The van der Waals surface area contributed by atoms with Gasteiger partial charge in [0.1, 0.15) is 0 Å². The summed E-state index contributed by atoms with van der Waals surface area (Å²) in [4.78, 5) is 15.6. The number of rotatable bonds is 7. The van der Waals surface area contributed by atoms with E-state index in [4.69, 9.17) is 0 Å². The zero-order valence-electron chi connectivity index (χ0n) is 17.8.